The molecule has 18 heavy (non-hydrogen) atoms. The van der Waals surface area contributed by atoms with Crippen molar-refractivity contribution < 1.29 is 9.53 Å². The van der Waals surface area contributed by atoms with Crippen molar-refractivity contribution in [3.05, 3.63) is 11.5 Å². The van der Waals surface area contributed by atoms with Crippen molar-refractivity contribution in [2.24, 2.45) is 5.73 Å². The summed E-state index contributed by atoms with van der Waals surface area (Å²) in [4.78, 5) is 12.3. The summed E-state index contributed by atoms with van der Waals surface area (Å²) >= 11 is 0. The van der Waals surface area contributed by atoms with Crippen molar-refractivity contribution in [2.75, 3.05) is 19.6 Å². The monoisotopic (exact) mass is 253 g/mol. The zero-order valence-electron chi connectivity index (χ0n) is 11.2. The number of nitrogens with two attached hydrogens (primary N) is 1. The molecule has 0 aromatic rings. The van der Waals surface area contributed by atoms with Gasteiger partial charge in [-0.15, -0.1) is 0 Å². The highest BCUT2D eigenvalue weighted by atomic mass is 16.5. The first-order chi connectivity index (χ1) is 8.56. The van der Waals surface area contributed by atoms with E-state index < -0.39 is 0 Å². The van der Waals surface area contributed by atoms with E-state index in [0.29, 0.717) is 17.9 Å². The molecule has 0 atom stereocenters. The van der Waals surface area contributed by atoms with E-state index >= 15 is 0 Å². The van der Waals surface area contributed by atoms with Gasteiger partial charge in [0.15, 0.2) is 5.78 Å². The van der Waals surface area contributed by atoms with Crippen molar-refractivity contribution in [2.45, 2.75) is 44.8 Å². The van der Waals surface area contributed by atoms with Crippen molar-refractivity contribution in [3.8, 4) is 0 Å². The van der Waals surface area contributed by atoms with Gasteiger partial charge in [0.2, 0.25) is 0 Å². The van der Waals surface area contributed by atoms with Gasteiger partial charge in [-0.2, -0.15) is 0 Å². The number of ketones is 1. The minimum Gasteiger partial charge on any atom is -0.487 e. The van der Waals surface area contributed by atoms with E-state index in [1.807, 2.05) is 13.8 Å². The lowest BCUT2D eigenvalue weighted by Gasteiger charge is -2.42. The van der Waals surface area contributed by atoms with E-state index in [0.717, 1.165) is 25.9 Å². The molecule has 0 amide bonds. The van der Waals surface area contributed by atoms with Gasteiger partial charge in [-0.1, -0.05) is 0 Å². The van der Waals surface area contributed by atoms with Crippen LogP contribution >= 0.6 is 0 Å². The summed E-state index contributed by atoms with van der Waals surface area (Å²) in [6.45, 7) is 6.08. The van der Waals surface area contributed by atoms with Crippen LogP contribution in [0.3, 0.4) is 0 Å². The van der Waals surface area contributed by atoms with Crippen molar-refractivity contribution in [1.82, 2.24) is 10.6 Å². The fraction of sp³-hybridized carbons (Fsp3) is 0.769. The lowest BCUT2D eigenvalue weighted by Crippen LogP contribution is -2.50. The van der Waals surface area contributed by atoms with Gasteiger partial charge in [-0.25, -0.2) is 0 Å². The SMILES string of the molecule is CC(C)NC1=C(CN)OC2(CCNCC2)CC1=O. The van der Waals surface area contributed by atoms with Gasteiger partial charge in [-0.3, -0.25) is 4.79 Å². The van der Waals surface area contributed by atoms with E-state index in [1.165, 1.54) is 0 Å². The second kappa shape index (κ2) is 5.28. The Hall–Kier alpha value is -1.07. The van der Waals surface area contributed by atoms with Crippen LogP contribution < -0.4 is 16.4 Å². The average Bonchev–Trinajstić information content (AvgIpc) is 2.33. The topological polar surface area (TPSA) is 76.4 Å². The summed E-state index contributed by atoms with van der Waals surface area (Å²) in [6, 6.07) is 0.205. The summed E-state index contributed by atoms with van der Waals surface area (Å²) in [5, 5.41) is 6.46. The third-order valence-electron chi connectivity index (χ3n) is 3.51. The molecule has 2 heterocycles. The van der Waals surface area contributed by atoms with Crippen LogP contribution in [-0.2, 0) is 9.53 Å². The number of Topliss-reactive ketones (excluding diaryl/α,β-unsaturated/α-hetero) is 1. The Morgan fingerprint density at radius 3 is 2.67 bits per heavy atom. The first kappa shape index (κ1) is 13.4. The van der Waals surface area contributed by atoms with Gasteiger partial charge in [0.1, 0.15) is 17.1 Å². The van der Waals surface area contributed by atoms with Crippen LogP contribution in [0.4, 0.5) is 0 Å². The van der Waals surface area contributed by atoms with E-state index in [4.69, 9.17) is 10.5 Å². The van der Waals surface area contributed by atoms with Gasteiger partial charge in [0.25, 0.3) is 0 Å². The van der Waals surface area contributed by atoms with Gasteiger partial charge in [0, 0.05) is 18.9 Å². The Labute approximate surface area is 108 Å². The normalized spacial score (nSPS) is 23.4. The first-order valence-electron chi connectivity index (χ1n) is 6.69. The predicted molar refractivity (Wildman–Crippen MR) is 69.9 cm³/mol. The van der Waals surface area contributed by atoms with Crippen LogP contribution in [0.2, 0.25) is 0 Å². The molecule has 0 saturated carbocycles. The molecule has 0 unspecified atom stereocenters. The number of hydrogen-bond acceptors (Lipinski definition) is 5. The van der Waals surface area contributed by atoms with Crippen molar-refractivity contribution >= 4 is 5.78 Å². The number of piperidine rings is 1. The fourth-order valence-corrected chi connectivity index (χ4v) is 2.64. The van der Waals surface area contributed by atoms with Gasteiger partial charge in [-0.05, 0) is 26.9 Å². The molecular weight excluding hydrogens is 230 g/mol. The predicted octanol–water partition coefficient (Wildman–Crippen LogP) is 0.266. The second-order valence-corrected chi connectivity index (χ2v) is 5.44. The lowest BCUT2D eigenvalue weighted by molar-refractivity contribution is -0.128. The summed E-state index contributed by atoms with van der Waals surface area (Å²) in [5.41, 5.74) is 5.99. The van der Waals surface area contributed by atoms with Crippen LogP contribution in [0.5, 0.6) is 0 Å². The van der Waals surface area contributed by atoms with Crippen molar-refractivity contribution in [1.29, 1.82) is 0 Å². The molecule has 1 fully saturated rings. The third kappa shape index (κ3) is 2.67. The van der Waals surface area contributed by atoms with E-state index in [1.54, 1.807) is 0 Å². The molecule has 5 heteroatoms. The number of ether oxygens (including phenoxy) is 1. The first-order valence-corrected chi connectivity index (χ1v) is 6.69. The second-order valence-electron chi connectivity index (χ2n) is 5.44. The number of carbonyl (C=O) groups is 1. The smallest absolute Gasteiger partial charge is 0.186 e. The Morgan fingerprint density at radius 2 is 2.11 bits per heavy atom. The largest absolute Gasteiger partial charge is 0.487 e. The summed E-state index contributed by atoms with van der Waals surface area (Å²) in [6.07, 6.45) is 2.21. The summed E-state index contributed by atoms with van der Waals surface area (Å²) in [7, 11) is 0. The highest BCUT2D eigenvalue weighted by Gasteiger charge is 2.42. The van der Waals surface area contributed by atoms with Gasteiger partial charge in [0.05, 0.1) is 13.0 Å². The minimum absolute atomic E-state index is 0.136. The number of nitrogens with one attached hydrogen (secondary N) is 2. The van der Waals surface area contributed by atoms with Crippen molar-refractivity contribution in [3.63, 3.8) is 0 Å². The molecule has 5 nitrogen and oxygen atoms in total. The third-order valence-corrected chi connectivity index (χ3v) is 3.51. The maximum Gasteiger partial charge on any atom is 0.186 e. The van der Waals surface area contributed by atoms with Crippen LogP contribution in [0.1, 0.15) is 33.1 Å². The molecule has 1 saturated heterocycles. The maximum absolute atomic E-state index is 12.3. The quantitative estimate of drug-likeness (QED) is 0.673. The van der Waals surface area contributed by atoms with Crippen LogP contribution in [0.15, 0.2) is 11.5 Å². The van der Waals surface area contributed by atoms with Crippen LogP contribution in [0.25, 0.3) is 0 Å². The molecule has 2 aliphatic rings. The standard InChI is InChI=1S/C13H23N3O2/c1-9(2)16-12-10(17)7-13(18-11(12)8-14)3-5-15-6-4-13/h9,15-16H,3-8,14H2,1-2H3. The highest BCUT2D eigenvalue weighted by Crippen LogP contribution is 2.35. The summed E-state index contributed by atoms with van der Waals surface area (Å²) in [5.74, 6) is 0.763. The zero-order chi connectivity index (χ0) is 13.2. The fourth-order valence-electron chi connectivity index (χ4n) is 2.64. The molecule has 0 aromatic carbocycles. The Bertz CT molecular complexity index is 357. The molecule has 2 rings (SSSR count). The molecule has 0 aromatic heterocycles. The van der Waals surface area contributed by atoms with E-state index in [2.05, 4.69) is 10.6 Å². The van der Waals surface area contributed by atoms with E-state index in [-0.39, 0.29) is 24.0 Å². The number of allylic oxidation sites excluding steroid dienone is 1. The summed E-state index contributed by atoms with van der Waals surface area (Å²) < 4.78 is 6.08. The molecule has 2 aliphatic heterocycles. The zero-order valence-corrected chi connectivity index (χ0v) is 11.2. The van der Waals surface area contributed by atoms with Crippen LogP contribution in [0, 0.1) is 0 Å². The average molecular weight is 253 g/mol. The molecule has 0 bridgehead atoms. The van der Waals surface area contributed by atoms with Gasteiger partial charge >= 0.3 is 0 Å². The van der Waals surface area contributed by atoms with Crippen LogP contribution in [-0.4, -0.2) is 37.1 Å². The maximum atomic E-state index is 12.3. The lowest BCUT2D eigenvalue weighted by atomic mass is 9.84. The molecular formula is C13H23N3O2. The molecule has 0 aliphatic carbocycles. The number of hydrogen-bond donors (Lipinski definition) is 3. The number of rotatable bonds is 3. The van der Waals surface area contributed by atoms with Gasteiger partial charge < -0.3 is 21.1 Å². The Kier molecular flexibility index (Phi) is 3.92. The molecule has 4 N–H and O–H groups in total. The Balaban J connectivity index is 2.22. The molecule has 1 spiro atoms. The molecule has 0 radical (unpaired) electrons. The van der Waals surface area contributed by atoms with E-state index in [9.17, 15) is 4.79 Å². The molecule has 102 valence electrons. The Morgan fingerprint density at radius 1 is 1.44 bits per heavy atom. The highest BCUT2D eigenvalue weighted by molar-refractivity contribution is 5.96. The number of carbonyl (C=O) groups excluding carboxylic acids is 1. The minimum atomic E-state index is -0.320.